The summed E-state index contributed by atoms with van der Waals surface area (Å²) in [6.07, 6.45) is 8.52. The van der Waals surface area contributed by atoms with Crippen LogP contribution < -0.4 is 10.7 Å². The predicted octanol–water partition coefficient (Wildman–Crippen LogP) is 1.63. The van der Waals surface area contributed by atoms with Gasteiger partial charge in [0.05, 0.1) is 11.3 Å². The van der Waals surface area contributed by atoms with Gasteiger partial charge in [-0.2, -0.15) is 5.10 Å². The van der Waals surface area contributed by atoms with E-state index < -0.39 is 0 Å². The van der Waals surface area contributed by atoms with Crippen molar-refractivity contribution in [1.82, 2.24) is 25.7 Å². The minimum Gasteiger partial charge on any atom is -0.359 e. The van der Waals surface area contributed by atoms with Gasteiger partial charge in [-0.3, -0.25) is 4.79 Å². The van der Waals surface area contributed by atoms with Crippen molar-refractivity contribution in [3.05, 3.63) is 52.4 Å². The summed E-state index contributed by atoms with van der Waals surface area (Å²) in [5.74, 6) is -0.220. The van der Waals surface area contributed by atoms with Crippen molar-refractivity contribution in [2.75, 3.05) is 6.54 Å². The molecule has 3 heterocycles. The molecule has 1 saturated carbocycles. The summed E-state index contributed by atoms with van der Waals surface area (Å²) in [7, 11) is 0. The minimum atomic E-state index is -0.220. The Bertz CT molecular complexity index is 892. The third-order valence-corrected chi connectivity index (χ3v) is 4.90. The molecule has 3 N–H and O–H groups in total. The Labute approximate surface area is 152 Å². The Morgan fingerprint density at radius 1 is 1.35 bits per heavy atom. The Balaban J connectivity index is 1.60. The van der Waals surface area contributed by atoms with Gasteiger partial charge in [-0.15, -0.1) is 0 Å². The predicted molar refractivity (Wildman–Crippen MR) is 99.7 cm³/mol. The molecular formula is C19H22N6O. The number of aryl methyl sites for hydroxylation is 1. The molecule has 0 atom stereocenters. The first-order valence-electron chi connectivity index (χ1n) is 8.91. The Kier molecular flexibility index (Phi) is 4.38. The van der Waals surface area contributed by atoms with Crippen LogP contribution in [-0.2, 0) is 11.2 Å². The molecule has 134 valence electrons. The van der Waals surface area contributed by atoms with E-state index in [-0.39, 0.29) is 5.91 Å². The quantitative estimate of drug-likeness (QED) is 0.690. The van der Waals surface area contributed by atoms with Gasteiger partial charge < -0.3 is 10.3 Å². The maximum absolute atomic E-state index is 12.3. The smallest absolute Gasteiger partial charge is 0.273 e. The summed E-state index contributed by atoms with van der Waals surface area (Å²) in [6.45, 7) is 5.15. The van der Waals surface area contributed by atoms with E-state index in [0.29, 0.717) is 23.0 Å². The molecule has 1 amide bonds. The molecule has 7 heteroatoms. The standard InChI is InChI=1S/C19H22N6O/c1-11-14(5-8-21-13-3-4-13)12(2)23-17(11)9-15-18(24-25-19(15)26)16-6-7-20-10-22-16/h6-7,9-10,13,21,23H,3-5,8H2,1-2H3,(H,25,26). The van der Waals surface area contributed by atoms with Gasteiger partial charge in [0.25, 0.3) is 5.91 Å². The number of nitrogens with one attached hydrogen (secondary N) is 3. The minimum absolute atomic E-state index is 0.220. The van der Waals surface area contributed by atoms with Crippen molar-refractivity contribution >= 4 is 17.7 Å². The second-order valence-electron chi connectivity index (χ2n) is 6.80. The molecule has 1 fully saturated rings. The summed E-state index contributed by atoms with van der Waals surface area (Å²) < 4.78 is 0. The summed E-state index contributed by atoms with van der Waals surface area (Å²) in [4.78, 5) is 23.8. The number of nitrogens with zero attached hydrogens (tertiary/aromatic N) is 3. The van der Waals surface area contributed by atoms with E-state index in [1.165, 1.54) is 30.3 Å². The zero-order valence-electron chi connectivity index (χ0n) is 15.0. The van der Waals surface area contributed by atoms with E-state index in [1.807, 2.05) is 6.08 Å². The largest absolute Gasteiger partial charge is 0.359 e. The number of H-pyrrole nitrogens is 1. The van der Waals surface area contributed by atoms with Crippen LogP contribution in [0.15, 0.2) is 29.3 Å². The Morgan fingerprint density at radius 3 is 2.92 bits per heavy atom. The molecule has 1 aliphatic carbocycles. The zero-order valence-corrected chi connectivity index (χ0v) is 15.0. The highest BCUT2D eigenvalue weighted by atomic mass is 16.2. The number of aromatic amines is 1. The Morgan fingerprint density at radius 2 is 2.19 bits per heavy atom. The number of carbonyl (C=O) groups is 1. The molecule has 0 bridgehead atoms. The van der Waals surface area contributed by atoms with Gasteiger partial charge in [-0.1, -0.05) is 0 Å². The van der Waals surface area contributed by atoms with Gasteiger partial charge in [0.2, 0.25) is 0 Å². The SMILES string of the molecule is Cc1[nH]c(C=C2C(=O)NN=C2c2ccncn2)c(C)c1CCNC1CC1. The molecule has 2 aromatic heterocycles. The van der Waals surface area contributed by atoms with Crippen LogP contribution in [0.25, 0.3) is 6.08 Å². The third kappa shape index (κ3) is 3.30. The Hall–Kier alpha value is -2.80. The van der Waals surface area contributed by atoms with Crippen LogP contribution in [-0.4, -0.2) is 39.2 Å². The van der Waals surface area contributed by atoms with Gasteiger partial charge in [0.15, 0.2) is 0 Å². The summed E-state index contributed by atoms with van der Waals surface area (Å²) in [6, 6.07) is 2.46. The molecule has 1 aliphatic heterocycles. The maximum atomic E-state index is 12.3. The van der Waals surface area contributed by atoms with Crippen molar-refractivity contribution in [3.63, 3.8) is 0 Å². The number of hydrazone groups is 1. The molecule has 0 radical (unpaired) electrons. The topological polar surface area (TPSA) is 95.1 Å². The molecule has 7 nitrogen and oxygen atoms in total. The molecule has 2 aromatic rings. The molecular weight excluding hydrogens is 328 g/mol. The summed E-state index contributed by atoms with van der Waals surface area (Å²) in [5.41, 5.74) is 8.78. The van der Waals surface area contributed by atoms with E-state index in [2.05, 4.69) is 44.6 Å². The van der Waals surface area contributed by atoms with Crippen LogP contribution in [0, 0.1) is 13.8 Å². The lowest BCUT2D eigenvalue weighted by Gasteiger charge is -2.04. The van der Waals surface area contributed by atoms with Crippen LogP contribution in [0.2, 0.25) is 0 Å². The second-order valence-corrected chi connectivity index (χ2v) is 6.80. The van der Waals surface area contributed by atoms with Crippen LogP contribution in [0.4, 0.5) is 0 Å². The highest BCUT2D eigenvalue weighted by molar-refractivity contribution is 6.32. The van der Waals surface area contributed by atoms with E-state index >= 15 is 0 Å². The number of aromatic nitrogens is 3. The van der Waals surface area contributed by atoms with Gasteiger partial charge in [-0.25, -0.2) is 15.4 Å². The van der Waals surface area contributed by atoms with Crippen LogP contribution >= 0.6 is 0 Å². The van der Waals surface area contributed by atoms with Gasteiger partial charge in [0, 0.05) is 23.6 Å². The first-order valence-corrected chi connectivity index (χ1v) is 8.91. The number of carbonyl (C=O) groups excluding carboxylic acids is 1. The molecule has 0 aromatic carbocycles. The number of rotatable bonds is 6. The summed E-state index contributed by atoms with van der Waals surface area (Å²) >= 11 is 0. The van der Waals surface area contributed by atoms with Crippen LogP contribution in [0.3, 0.4) is 0 Å². The number of hydrogen-bond acceptors (Lipinski definition) is 5. The van der Waals surface area contributed by atoms with Crippen molar-refractivity contribution < 1.29 is 4.79 Å². The highest BCUT2D eigenvalue weighted by Gasteiger charge is 2.26. The van der Waals surface area contributed by atoms with Gasteiger partial charge in [-0.05, 0) is 62.9 Å². The fourth-order valence-electron chi connectivity index (χ4n) is 3.26. The molecule has 4 rings (SSSR count). The number of amides is 1. The van der Waals surface area contributed by atoms with Crippen molar-refractivity contribution in [2.45, 2.75) is 39.2 Å². The zero-order chi connectivity index (χ0) is 18.1. The average Bonchev–Trinajstić information content (AvgIpc) is 3.35. The first kappa shape index (κ1) is 16.7. The van der Waals surface area contributed by atoms with E-state index in [9.17, 15) is 4.79 Å². The molecule has 0 unspecified atom stereocenters. The van der Waals surface area contributed by atoms with E-state index in [0.717, 1.165) is 24.4 Å². The second kappa shape index (κ2) is 6.84. The first-order chi connectivity index (χ1) is 12.6. The lowest BCUT2D eigenvalue weighted by Crippen LogP contribution is -2.19. The summed E-state index contributed by atoms with van der Waals surface area (Å²) in [5, 5.41) is 7.68. The lowest BCUT2D eigenvalue weighted by molar-refractivity contribution is -0.116. The maximum Gasteiger partial charge on any atom is 0.273 e. The molecule has 2 aliphatic rings. The van der Waals surface area contributed by atoms with E-state index in [1.54, 1.807) is 12.3 Å². The molecule has 0 spiro atoms. The van der Waals surface area contributed by atoms with Crippen LogP contribution in [0.5, 0.6) is 0 Å². The van der Waals surface area contributed by atoms with Crippen LogP contribution in [0.1, 0.15) is 41.1 Å². The van der Waals surface area contributed by atoms with Gasteiger partial charge >= 0.3 is 0 Å². The highest BCUT2D eigenvalue weighted by Crippen LogP contribution is 2.24. The third-order valence-electron chi connectivity index (χ3n) is 4.90. The molecule has 0 saturated heterocycles. The fraction of sp³-hybridized carbons (Fsp3) is 0.368. The van der Waals surface area contributed by atoms with E-state index in [4.69, 9.17) is 0 Å². The van der Waals surface area contributed by atoms with Crippen molar-refractivity contribution in [3.8, 4) is 0 Å². The normalized spacial score (nSPS) is 18.3. The molecule has 26 heavy (non-hydrogen) atoms. The average molecular weight is 350 g/mol. The lowest BCUT2D eigenvalue weighted by atomic mass is 10.0. The number of hydrogen-bond donors (Lipinski definition) is 3. The monoisotopic (exact) mass is 350 g/mol. The van der Waals surface area contributed by atoms with Crippen molar-refractivity contribution in [2.24, 2.45) is 5.10 Å². The fourth-order valence-corrected chi connectivity index (χ4v) is 3.26. The van der Waals surface area contributed by atoms with Crippen molar-refractivity contribution in [1.29, 1.82) is 0 Å². The van der Waals surface area contributed by atoms with Gasteiger partial charge in [0.1, 0.15) is 12.0 Å².